The maximum Gasteiger partial charge on any atom is 0.413 e. The molecule has 0 aromatic carbocycles. The number of alkyl halides is 6. The van der Waals surface area contributed by atoms with Gasteiger partial charge in [-0.3, -0.25) is 0 Å². The van der Waals surface area contributed by atoms with Gasteiger partial charge in [0.15, 0.2) is 18.4 Å². The zero-order valence-electron chi connectivity index (χ0n) is 5.82. The Hall–Kier alpha value is -0.950. The van der Waals surface area contributed by atoms with Crippen molar-refractivity contribution >= 4 is 6.34 Å². The normalized spacial score (nSPS) is 29.1. The molecule has 0 aromatic rings. The van der Waals surface area contributed by atoms with E-state index in [2.05, 4.69) is 10.3 Å². The minimum absolute atomic E-state index is 1.35. The first-order valence-corrected chi connectivity index (χ1v) is 3.01. The number of hydrogen-bond acceptors (Lipinski definition) is 1. The highest BCUT2D eigenvalue weighted by Crippen LogP contribution is 2.35. The first-order valence-electron chi connectivity index (χ1n) is 3.01. The minimum Gasteiger partial charge on any atom is -0.248 e. The number of nitrogens with zero attached hydrogens (tertiary/aromatic N) is 2. The van der Waals surface area contributed by atoms with Gasteiger partial charge >= 0.3 is 12.4 Å². The number of halogens is 6. The molecule has 2 atom stereocenters. The van der Waals surface area contributed by atoms with Crippen LogP contribution in [0, 0.1) is 0 Å². The summed E-state index contributed by atoms with van der Waals surface area (Å²) in [5, 5.41) is 2.49. The standard InChI is InChI=1S/C5H2F6N2/c6-4(7,8)2-3(5(9,10)11)13-1-12-2/h2-3H. The van der Waals surface area contributed by atoms with Gasteiger partial charge < -0.3 is 0 Å². The smallest absolute Gasteiger partial charge is 0.248 e. The largest absolute Gasteiger partial charge is 0.413 e. The molecular formula is C5H2F6N2. The fourth-order valence-electron chi connectivity index (χ4n) is 0.803. The summed E-state index contributed by atoms with van der Waals surface area (Å²) in [6.45, 7) is 0. The summed E-state index contributed by atoms with van der Waals surface area (Å²) >= 11 is 0. The van der Waals surface area contributed by atoms with Crippen molar-refractivity contribution in [2.24, 2.45) is 4.99 Å². The van der Waals surface area contributed by atoms with Crippen molar-refractivity contribution in [1.29, 1.82) is 0 Å². The van der Waals surface area contributed by atoms with Crippen LogP contribution in [0.2, 0.25) is 0 Å². The Morgan fingerprint density at radius 2 is 1.31 bits per heavy atom. The van der Waals surface area contributed by atoms with Gasteiger partial charge in [-0.25, -0.2) is 10.3 Å². The van der Waals surface area contributed by atoms with E-state index in [9.17, 15) is 26.3 Å². The lowest BCUT2D eigenvalue weighted by molar-refractivity contribution is -0.205. The van der Waals surface area contributed by atoms with Gasteiger partial charge in [-0.2, -0.15) is 26.3 Å². The van der Waals surface area contributed by atoms with Gasteiger partial charge in [-0.15, -0.1) is 0 Å². The molecule has 0 fully saturated rings. The van der Waals surface area contributed by atoms with Gasteiger partial charge in [0.2, 0.25) is 0 Å². The Bertz CT molecular complexity index is 216. The third-order valence-corrected chi connectivity index (χ3v) is 1.36. The third kappa shape index (κ3) is 2.04. The highest BCUT2D eigenvalue weighted by atomic mass is 19.4. The molecule has 0 spiro atoms. The number of hydrogen-bond donors (Lipinski definition) is 0. The predicted molar refractivity (Wildman–Crippen MR) is 29.3 cm³/mol. The van der Waals surface area contributed by atoms with Crippen LogP contribution >= 0.6 is 0 Å². The molecule has 0 saturated heterocycles. The molecule has 0 aromatic heterocycles. The van der Waals surface area contributed by atoms with E-state index in [1.165, 1.54) is 6.34 Å². The average Bonchev–Trinajstić information content (AvgIpc) is 2.27. The zero-order valence-corrected chi connectivity index (χ0v) is 5.82. The molecule has 13 heavy (non-hydrogen) atoms. The summed E-state index contributed by atoms with van der Waals surface area (Å²) in [6.07, 6.45) is -8.72. The van der Waals surface area contributed by atoms with Crippen LogP contribution in [-0.4, -0.2) is 30.8 Å². The Morgan fingerprint density at radius 3 is 1.62 bits per heavy atom. The molecule has 2 unspecified atom stereocenters. The summed E-state index contributed by atoms with van der Waals surface area (Å²) in [6, 6.07) is -5.68. The second kappa shape index (κ2) is 2.78. The summed E-state index contributed by atoms with van der Waals surface area (Å²) < 4.78 is 71.1. The molecule has 1 aliphatic heterocycles. The molecular weight excluding hydrogens is 202 g/mol. The van der Waals surface area contributed by atoms with Gasteiger partial charge in [0, 0.05) is 0 Å². The molecule has 2 radical (unpaired) electrons. The van der Waals surface area contributed by atoms with E-state index in [0.29, 0.717) is 0 Å². The van der Waals surface area contributed by atoms with E-state index in [0.717, 1.165) is 0 Å². The molecule has 1 heterocycles. The van der Waals surface area contributed by atoms with Crippen LogP contribution < -0.4 is 5.32 Å². The molecule has 0 N–H and O–H groups in total. The van der Waals surface area contributed by atoms with Crippen molar-refractivity contribution < 1.29 is 26.3 Å². The molecule has 0 amide bonds. The summed E-state index contributed by atoms with van der Waals surface area (Å²) in [5.41, 5.74) is 0. The lowest BCUT2D eigenvalue weighted by Crippen LogP contribution is -2.48. The van der Waals surface area contributed by atoms with Gasteiger partial charge in [0.05, 0.1) is 0 Å². The lowest BCUT2D eigenvalue weighted by atomic mass is 10.1. The summed E-state index contributed by atoms with van der Waals surface area (Å²) in [7, 11) is 0. The summed E-state index contributed by atoms with van der Waals surface area (Å²) in [5.74, 6) is 0. The first kappa shape index (κ1) is 10.1. The van der Waals surface area contributed by atoms with Crippen LogP contribution in [0.3, 0.4) is 0 Å². The molecule has 0 saturated carbocycles. The molecule has 1 aliphatic rings. The van der Waals surface area contributed by atoms with Crippen molar-refractivity contribution in [2.45, 2.75) is 24.4 Å². The molecule has 74 valence electrons. The Kier molecular flexibility index (Phi) is 2.16. The molecule has 2 nitrogen and oxygen atoms in total. The Labute approximate surface area is 68.6 Å². The van der Waals surface area contributed by atoms with Crippen molar-refractivity contribution in [1.82, 2.24) is 5.32 Å². The molecule has 0 bridgehead atoms. The molecule has 8 heteroatoms. The van der Waals surface area contributed by atoms with Crippen molar-refractivity contribution in [3.63, 3.8) is 0 Å². The highest BCUT2D eigenvalue weighted by molar-refractivity contribution is 5.58. The highest BCUT2D eigenvalue weighted by Gasteiger charge is 2.58. The quantitative estimate of drug-likeness (QED) is 0.533. The van der Waals surface area contributed by atoms with E-state index in [-0.39, 0.29) is 0 Å². The van der Waals surface area contributed by atoms with Gasteiger partial charge in [0.1, 0.15) is 0 Å². The molecule has 0 aliphatic carbocycles. The topological polar surface area (TPSA) is 26.5 Å². The van der Waals surface area contributed by atoms with Crippen molar-refractivity contribution in [3.05, 3.63) is 0 Å². The first-order chi connectivity index (χ1) is 5.73. The minimum atomic E-state index is -5.03. The predicted octanol–water partition coefficient (Wildman–Crippen LogP) is 1.37. The second-order valence-electron chi connectivity index (χ2n) is 2.33. The number of rotatable bonds is 0. The van der Waals surface area contributed by atoms with E-state index < -0.39 is 24.4 Å². The molecule has 1 rings (SSSR count). The maximum absolute atomic E-state index is 11.8. The van der Waals surface area contributed by atoms with Gasteiger partial charge in [-0.05, 0) is 0 Å². The van der Waals surface area contributed by atoms with Crippen LogP contribution in [0.1, 0.15) is 0 Å². The van der Waals surface area contributed by atoms with Crippen LogP contribution in [0.25, 0.3) is 0 Å². The number of aliphatic imine (C=N–C) groups is 1. The van der Waals surface area contributed by atoms with Crippen molar-refractivity contribution in [3.8, 4) is 0 Å². The fraction of sp³-hybridized carbons (Fsp3) is 0.800. The maximum atomic E-state index is 11.8. The van der Waals surface area contributed by atoms with Gasteiger partial charge in [-0.1, -0.05) is 0 Å². The Balaban J connectivity index is 2.81. The second-order valence-corrected chi connectivity index (χ2v) is 2.33. The zero-order chi connectivity index (χ0) is 10.3. The van der Waals surface area contributed by atoms with Crippen molar-refractivity contribution in [2.75, 3.05) is 0 Å². The Morgan fingerprint density at radius 1 is 0.846 bits per heavy atom. The van der Waals surface area contributed by atoms with Crippen LogP contribution in [-0.2, 0) is 0 Å². The summed E-state index contributed by atoms with van der Waals surface area (Å²) in [4.78, 5) is 2.49. The van der Waals surface area contributed by atoms with Crippen LogP contribution in [0.4, 0.5) is 26.3 Å². The average molecular weight is 204 g/mol. The SMILES string of the molecule is FC(F)(F)C1[N][C]=NC1C(F)(F)F. The van der Waals surface area contributed by atoms with Gasteiger partial charge in [0.25, 0.3) is 0 Å². The lowest BCUT2D eigenvalue weighted by Gasteiger charge is -2.21. The monoisotopic (exact) mass is 204 g/mol. The van der Waals surface area contributed by atoms with Crippen LogP contribution in [0.5, 0.6) is 0 Å². The van der Waals surface area contributed by atoms with E-state index in [1.807, 2.05) is 0 Å². The third-order valence-electron chi connectivity index (χ3n) is 1.36. The van der Waals surface area contributed by atoms with Crippen LogP contribution in [0.15, 0.2) is 4.99 Å². The van der Waals surface area contributed by atoms with E-state index in [4.69, 9.17) is 0 Å². The van der Waals surface area contributed by atoms with E-state index >= 15 is 0 Å². The fourth-order valence-corrected chi connectivity index (χ4v) is 0.803. The van der Waals surface area contributed by atoms with E-state index in [1.54, 1.807) is 0 Å².